The van der Waals surface area contributed by atoms with Gasteiger partial charge in [0.25, 0.3) is 5.91 Å². The zero-order chi connectivity index (χ0) is 14.0. The Bertz CT molecular complexity index is 479. The third-order valence-corrected chi connectivity index (χ3v) is 3.31. The molecule has 1 aliphatic carbocycles. The molecule has 1 atom stereocenters. The van der Waals surface area contributed by atoms with Crippen LogP contribution in [0.15, 0.2) is 10.8 Å². The Morgan fingerprint density at radius 1 is 1.58 bits per heavy atom. The Hall–Kier alpha value is -1.85. The predicted molar refractivity (Wildman–Crippen MR) is 66.7 cm³/mol. The van der Waals surface area contributed by atoms with Crippen molar-refractivity contribution in [2.24, 2.45) is 5.92 Å². The summed E-state index contributed by atoms with van der Waals surface area (Å²) in [7, 11) is 0. The van der Waals surface area contributed by atoms with E-state index < -0.39 is 11.9 Å². The summed E-state index contributed by atoms with van der Waals surface area (Å²) in [6, 6.07) is 0.149. The number of carboxylic acids is 1. The Kier molecular flexibility index (Phi) is 3.87. The summed E-state index contributed by atoms with van der Waals surface area (Å²) in [4.78, 5) is 29.0. The number of oxazole rings is 1. The minimum Gasteiger partial charge on any atom is -0.481 e. The normalized spacial score (nSPS) is 16.1. The van der Waals surface area contributed by atoms with E-state index in [9.17, 15) is 9.59 Å². The fraction of sp³-hybridized carbons (Fsp3) is 0.615. The molecule has 104 valence electrons. The van der Waals surface area contributed by atoms with Gasteiger partial charge in [0, 0.05) is 19.0 Å². The number of carboxylic acid groups (broad SMARTS) is 1. The lowest BCUT2D eigenvalue weighted by molar-refractivity contribution is -0.141. The second kappa shape index (κ2) is 5.42. The van der Waals surface area contributed by atoms with Gasteiger partial charge in [0.2, 0.25) is 0 Å². The summed E-state index contributed by atoms with van der Waals surface area (Å²) in [5.41, 5.74) is 0.312. The van der Waals surface area contributed by atoms with Crippen LogP contribution in [-0.4, -0.2) is 39.5 Å². The maximum absolute atomic E-state index is 12.4. The molecule has 0 spiro atoms. The molecule has 1 aromatic heterocycles. The summed E-state index contributed by atoms with van der Waals surface area (Å²) in [5.74, 6) is -1.14. The molecule has 1 fully saturated rings. The molecule has 6 heteroatoms. The van der Waals surface area contributed by atoms with Crippen LogP contribution in [0.4, 0.5) is 0 Å². The smallest absolute Gasteiger partial charge is 0.308 e. The van der Waals surface area contributed by atoms with Crippen LogP contribution in [0.5, 0.6) is 0 Å². The SMILES string of the molecule is CCc1ocnc1C(=O)N(CC(C)C(=O)O)C1CC1. The van der Waals surface area contributed by atoms with Crippen molar-refractivity contribution in [1.82, 2.24) is 9.88 Å². The first-order chi connectivity index (χ1) is 9.04. The number of carbonyl (C=O) groups is 2. The molecule has 1 aromatic rings. The molecular formula is C13H18N2O4. The van der Waals surface area contributed by atoms with Crippen molar-refractivity contribution in [1.29, 1.82) is 0 Å². The molecular weight excluding hydrogens is 248 g/mol. The van der Waals surface area contributed by atoms with Crippen LogP contribution >= 0.6 is 0 Å². The van der Waals surface area contributed by atoms with Crippen LogP contribution < -0.4 is 0 Å². The summed E-state index contributed by atoms with van der Waals surface area (Å²) in [6.45, 7) is 3.71. The Morgan fingerprint density at radius 3 is 2.79 bits per heavy atom. The van der Waals surface area contributed by atoms with Gasteiger partial charge in [-0.1, -0.05) is 13.8 Å². The van der Waals surface area contributed by atoms with E-state index in [1.54, 1.807) is 11.8 Å². The van der Waals surface area contributed by atoms with Crippen LogP contribution in [-0.2, 0) is 11.2 Å². The van der Waals surface area contributed by atoms with Crippen molar-refractivity contribution in [3.8, 4) is 0 Å². The van der Waals surface area contributed by atoms with Crippen molar-refractivity contribution in [3.63, 3.8) is 0 Å². The average molecular weight is 266 g/mol. The van der Waals surface area contributed by atoms with E-state index in [0.29, 0.717) is 17.9 Å². The quantitative estimate of drug-likeness (QED) is 0.844. The van der Waals surface area contributed by atoms with Crippen LogP contribution in [0.1, 0.15) is 42.9 Å². The topological polar surface area (TPSA) is 83.6 Å². The summed E-state index contributed by atoms with van der Waals surface area (Å²) >= 11 is 0. The predicted octanol–water partition coefficient (Wildman–Crippen LogP) is 1.56. The monoisotopic (exact) mass is 266 g/mol. The highest BCUT2D eigenvalue weighted by atomic mass is 16.4. The van der Waals surface area contributed by atoms with Crippen LogP contribution in [0.3, 0.4) is 0 Å². The van der Waals surface area contributed by atoms with Gasteiger partial charge in [-0.2, -0.15) is 0 Å². The molecule has 6 nitrogen and oxygen atoms in total. The minimum absolute atomic E-state index is 0.149. The van der Waals surface area contributed by atoms with Gasteiger partial charge in [0.05, 0.1) is 5.92 Å². The molecule has 1 amide bonds. The van der Waals surface area contributed by atoms with Crippen LogP contribution in [0.2, 0.25) is 0 Å². The number of aryl methyl sites for hydroxylation is 1. The number of hydrogen-bond acceptors (Lipinski definition) is 4. The molecule has 19 heavy (non-hydrogen) atoms. The van der Waals surface area contributed by atoms with Gasteiger partial charge < -0.3 is 14.4 Å². The number of amides is 1. The van der Waals surface area contributed by atoms with Crippen LogP contribution in [0, 0.1) is 5.92 Å². The third-order valence-electron chi connectivity index (χ3n) is 3.31. The van der Waals surface area contributed by atoms with Gasteiger partial charge in [0.15, 0.2) is 12.1 Å². The van der Waals surface area contributed by atoms with Crippen LogP contribution in [0.25, 0.3) is 0 Å². The number of nitrogens with zero attached hydrogens (tertiary/aromatic N) is 2. The number of hydrogen-bond donors (Lipinski definition) is 1. The zero-order valence-corrected chi connectivity index (χ0v) is 11.1. The fourth-order valence-corrected chi connectivity index (χ4v) is 1.99. The Labute approximate surface area is 111 Å². The highest BCUT2D eigenvalue weighted by Gasteiger charge is 2.36. The number of aromatic nitrogens is 1. The van der Waals surface area contributed by atoms with E-state index in [4.69, 9.17) is 9.52 Å². The summed E-state index contributed by atoms with van der Waals surface area (Å²) in [5, 5.41) is 8.97. The van der Waals surface area contributed by atoms with E-state index in [0.717, 1.165) is 12.8 Å². The van der Waals surface area contributed by atoms with Gasteiger partial charge in [-0.05, 0) is 12.8 Å². The molecule has 1 aliphatic rings. The van der Waals surface area contributed by atoms with E-state index in [-0.39, 0.29) is 18.5 Å². The van der Waals surface area contributed by atoms with Gasteiger partial charge in [-0.25, -0.2) is 4.98 Å². The second-order valence-electron chi connectivity index (χ2n) is 4.91. The lowest BCUT2D eigenvalue weighted by atomic mass is 10.1. The van der Waals surface area contributed by atoms with Crippen molar-refractivity contribution in [2.75, 3.05) is 6.54 Å². The fourth-order valence-electron chi connectivity index (χ4n) is 1.99. The molecule has 0 bridgehead atoms. The maximum Gasteiger partial charge on any atom is 0.308 e. The average Bonchev–Trinajstić information content (AvgIpc) is 3.11. The molecule has 1 N–H and O–H groups in total. The summed E-state index contributed by atoms with van der Waals surface area (Å²) < 4.78 is 5.16. The molecule has 0 saturated heterocycles. The van der Waals surface area contributed by atoms with Gasteiger partial charge in [-0.3, -0.25) is 9.59 Å². The molecule has 2 rings (SSSR count). The lowest BCUT2D eigenvalue weighted by Crippen LogP contribution is -2.39. The van der Waals surface area contributed by atoms with Crippen molar-refractivity contribution in [2.45, 2.75) is 39.2 Å². The van der Waals surface area contributed by atoms with E-state index >= 15 is 0 Å². The molecule has 1 saturated carbocycles. The van der Waals surface area contributed by atoms with Crippen molar-refractivity contribution in [3.05, 3.63) is 17.8 Å². The standard InChI is InChI=1S/C13H18N2O4/c1-3-10-11(14-7-19-10)12(16)15(9-4-5-9)6-8(2)13(17)18/h7-9H,3-6H2,1-2H3,(H,17,18). The first-order valence-electron chi connectivity index (χ1n) is 6.50. The Balaban J connectivity index is 2.15. The molecule has 0 radical (unpaired) electrons. The van der Waals surface area contributed by atoms with Gasteiger partial charge in [0.1, 0.15) is 5.76 Å². The number of carbonyl (C=O) groups excluding carboxylic acids is 1. The minimum atomic E-state index is -0.894. The lowest BCUT2D eigenvalue weighted by Gasteiger charge is -2.23. The second-order valence-corrected chi connectivity index (χ2v) is 4.91. The van der Waals surface area contributed by atoms with Gasteiger partial charge in [-0.15, -0.1) is 0 Å². The largest absolute Gasteiger partial charge is 0.481 e. The van der Waals surface area contributed by atoms with Gasteiger partial charge >= 0.3 is 5.97 Å². The maximum atomic E-state index is 12.4. The summed E-state index contributed by atoms with van der Waals surface area (Å²) in [6.07, 6.45) is 3.71. The third kappa shape index (κ3) is 2.94. The first kappa shape index (κ1) is 13.6. The number of aliphatic carboxylic acids is 1. The molecule has 1 heterocycles. The highest BCUT2D eigenvalue weighted by molar-refractivity contribution is 5.93. The van der Waals surface area contributed by atoms with Crippen molar-refractivity contribution >= 4 is 11.9 Å². The van der Waals surface area contributed by atoms with E-state index in [2.05, 4.69) is 4.98 Å². The zero-order valence-electron chi connectivity index (χ0n) is 11.1. The number of rotatable bonds is 6. The van der Waals surface area contributed by atoms with E-state index in [1.807, 2.05) is 6.92 Å². The Morgan fingerprint density at radius 2 is 2.26 bits per heavy atom. The molecule has 1 unspecified atom stereocenters. The highest BCUT2D eigenvalue weighted by Crippen LogP contribution is 2.29. The van der Waals surface area contributed by atoms with E-state index in [1.165, 1.54) is 6.39 Å². The first-order valence-corrected chi connectivity index (χ1v) is 6.50. The molecule has 0 aliphatic heterocycles. The molecule has 0 aromatic carbocycles. The van der Waals surface area contributed by atoms with Crippen molar-refractivity contribution < 1.29 is 19.1 Å².